The summed E-state index contributed by atoms with van der Waals surface area (Å²) in [5.74, 6) is 1.30. The zero-order valence-corrected chi connectivity index (χ0v) is 12.0. The van der Waals surface area contributed by atoms with Crippen LogP contribution in [0, 0.1) is 0 Å². The molecule has 0 bridgehead atoms. The normalized spacial score (nSPS) is 19.0. The van der Waals surface area contributed by atoms with E-state index in [-0.39, 0.29) is 6.04 Å². The molecule has 0 radical (unpaired) electrons. The Morgan fingerprint density at radius 2 is 1.90 bits per heavy atom. The maximum atomic E-state index is 6.45. The van der Waals surface area contributed by atoms with Gasteiger partial charge in [0.05, 0.1) is 6.61 Å². The molecule has 2 atom stereocenters. The van der Waals surface area contributed by atoms with Gasteiger partial charge < -0.3 is 10.5 Å². The Morgan fingerprint density at radius 3 is 2.75 bits per heavy atom. The standard InChI is InChI=1S/C17H18ClNO/c18-15-7-3-1-5-12(15)11-16(19)13-9-10-20-17-8-4-2-6-14(13)17/h1-8,13,16H,9-11,19H2. The van der Waals surface area contributed by atoms with Crippen LogP contribution in [-0.4, -0.2) is 12.6 Å². The molecule has 2 aromatic rings. The highest BCUT2D eigenvalue weighted by Crippen LogP contribution is 2.36. The van der Waals surface area contributed by atoms with Crippen LogP contribution in [0.2, 0.25) is 5.02 Å². The number of ether oxygens (including phenoxy) is 1. The van der Waals surface area contributed by atoms with E-state index in [1.54, 1.807) is 0 Å². The third-order valence-corrected chi connectivity index (χ3v) is 4.30. The fraction of sp³-hybridized carbons (Fsp3) is 0.294. The Morgan fingerprint density at radius 1 is 1.15 bits per heavy atom. The number of halogens is 1. The summed E-state index contributed by atoms with van der Waals surface area (Å²) < 4.78 is 5.70. The van der Waals surface area contributed by atoms with Crippen molar-refractivity contribution < 1.29 is 4.74 Å². The Hall–Kier alpha value is -1.51. The lowest BCUT2D eigenvalue weighted by molar-refractivity contribution is 0.254. The summed E-state index contributed by atoms with van der Waals surface area (Å²) in [6.45, 7) is 0.734. The lowest BCUT2D eigenvalue weighted by Gasteiger charge is -2.30. The average molecular weight is 288 g/mol. The Bertz CT molecular complexity index is 599. The highest BCUT2D eigenvalue weighted by Gasteiger charge is 2.26. The summed E-state index contributed by atoms with van der Waals surface area (Å²) in [7, 11) is 0. The molecular weight excluding hydrogens is 270 g/mol. The second kappa shape index (κ2) is 5.86. The number of fused-ring (bicyclic) bond motifs is 1. The van der Waals surface area contributed by atoms with E-state index < -0.39 is 0 Å². The van der Waals surface area contributed by atoms with E-state index in [9.17, 15) is 0 Å². The lowest BCUT2D eigenvalue weighted by atomic mass is 9.84. The van der Waals surface area contributed by atoms with Gasteiger partial charge in [0.2, 0.25) is 0 Å². The average Bonchev–Trinajstić information content (AvgIpc) is 2.49. The number of rotatable bonds is 3. The second-order valence-electron chi connectivity index (χ2n) is 5.24. The quantitative estimate of drug-likeness (QED) is 0.932. The van der Waals surface area contributed by atoms with E-state index in [1.165, 1.54) is 5.56 Å². The van der Waals surface area contributed by atoms with Gasteiger partial charge in [0.1, 0.15) is 5.75 Å². The first-order chi connectivity index (χ1) is 9.75. The van der Waals surface area contributed by atoms with Crippen molar-refractivity contribution in [2.75, 3.05) is 6.61 Å². The molecule has 3 heteroatoms. The molecule has 2 unspecified atom stereocenters. The van der Waals surface area contributed by atoms with E-state index in [2.05, 4.69) is 6.07 Å². The Balaban J connectivity index is 1.82. The minimum atomic E-state index is 0.0555. The van der Waals surface area contributed by atoms with Crippen LogP contribution in [0.4, 0.5) is 0 Å². The highest BCUT2D eigenvalue weighted by molar-refractivity contribution is 6.31. The molecule has 2 aromatic carbocycles. The second-order valence-corrected chi connectivity index (χ2v) is 5.65. The van der Waals surface area contributed by atoms with Crippen molar-refractivity contribution in [1.82, 2.24) is 0 Å². The van der Waals surface area contributed by atoms with Gasteiger partial charge in [-0.15, -0.1) is 0 Å². The minimum absolute atomic E-state index is 0.0555. The van der Waals surface area contributed by atoms with E-state index in [4.69, 9.17) is 22.1 Å². The van der Waals surface area contributed by atoms with Crippen LogP contribution in [-0.2, 0) is 6.42 Å². The predicted molar refractivity (Wildman–Crippen MR) is 82.4 cm³/mol. The summed E-state index contributed by atoms with van der Waals surface area (Å²) in [6, 6.07) is 16.2. The molecular formula is C17H18ClNO. The Kier molecular flexibility index (Phi) is 3.95. The van der Waals surface area contributed by atoms with Gasteiger partial charge in [0.15, 0.2) is 0 Å². The molecule has 0 saturated carbocycles. The van der Waals surface area contributed by atoms with Crippen molar-refractivity contribution in [3.8, 4) is 5.75 Å². The molecule has 1 aliphatic rings. The van der Waals surface area contributed by atoms with Gasteiger partial charge in [-0.3, -0.25) is 0 Å². The van der Waals surface area contributed by atoms with Gasteiger partial charge in [-0.05, 0) is 36.1 Å². The SMILES string of the molecule is NC(Cc1ccccc1Cl)C1CCOc2ccccc21. The molecule has 20 heavy (non-hydrogen) atoms. The zero-order chi connectivity index (χ0) is 13.9. The number of hydrogen-bond donors (Lipinski definition) is 1. The summed E-state index contributed by atoms with van der Waals surface area (Å²) in [5, 5.41) is 0.795. The van der Waals surface area contributed by atoms with Gasteiger partial charge in [0.25, 0.3) is 0 Å². The summed E-state index contributed by atoms with van der Waals surface area (Å²) in [4.78, 5) is 0. The van der Waals surface area contributed by atoms with E-state index >= 15 is 0 Å². The summed E-state index contributed by atoms with van der Waals surface area (Å²) >= 11 is 6.23. The minimum Gasteiger partial charge on any atom is -0.493 e. The zero-order valence-electron chi connectivity index (χ0n) is 11.3. The van der Waals surface area contributed by atoms with Crippen LogP contribution in [0.15, 0.2) is 48.5 Å². The van der Waals surface area contributed by atoms with Crippen LogP contribution in [0.25, 0.3) is 0 Å². The number of para-hydroxylation sites is 1. The monoisotopic (exact) mass is 287 g/mol. The highest BCUT2D eigenvalue weighted by atomic mass is 35.5. The van der Waals surface area contributed by atoms with Crippen LogP contribution < -0.4 is 10.5 Å². The number of benzene rings is 2. The number of nitrogens with two attached hydrogens (primary N) is 1. The van der Waals surface area contributed by atoms with E-state index in [1.807, 2.05) is 42.5 Å². The molecule has 0 fully saturated rings. The van der Waals surface area contributed by atoms with Gasteiger partial charge in [-0.25, -0.2) is 0 Å². The van der Waals surface area contributed by atoms with Crippen LogP contribution in [0.3, 0.4) is 0 Å². The first-order valence-electron chi connectivity index (χ1n) is 6.96. The van der Waals surface area contributed by atoms with E-state index in [0.29, 0.717) is 5.92 Å². The molecule has 0 aliphatic carbocycles. The molecule has 2 N–H and O–H groups in total. The smallest absolute Gasteiger partial charge is 0.122 e. The van der Waals surface area contributed by atoms with Crippen LogP contribution in [0.1, 0.15) is 23.5 Å². The van der Waals surface area contributed by atoms with Crippen molar-refractivity contribution in [3.63, 3.8) is 0 Å². The molecule has 0 spiro atoms. The molecule has 104 valence electrons. The lowest BCUT2D eigenvalue weighted by Crippen LogP contribution is -2.34. The van der Waals surface area contributed by atoms with Gasteiger partial charge in [0, 0.05) is 17.0 Å². The summed E-state index contributed by atoms with van der Waals surface area (Å²) in [5.41, 5.74) is 8.79. The molecule has 1 heterocycles. The molecule has 3 rings (SSSR count). The van der Waals surface area contributed by atoms with Crippen LogP contribution in [0.5, 0.6) is 5.75 Å². The third kappa shape index (κ3) is 2.67. The third-order valence-electron chi connectivity index (χ3n) is 3.94. The number of hydrogen-bond acceptors (Lipinski definition) is 2. The Labute approximate surface area is 124 Å². The largest absolute Gasteiger partial charge is 0.493 e. The summed E-state index contributed by atoms with van der Waals surface area (Å²) in [6.07, 6.45) is 1.75. The van der Waals surface area contributed by atoms with Gasteiger partial charge in [-0.2, -0.15) is 0 Å². The maximum Gasteiger partial charge on any atom is 0.122 e. The van der Waals surface area contributed by atoms with Crippen molar-refractivity contribution in [3.05, 3.63) is 64.7 Å². The first kappa shape index (κ1) is 13.5. The molecule has 0 saturated heterocycles. The van der Waals surface area contributed by atoms with E-state index in [0.717, 1.165) is 35.8 Å². The fourth-order valence-corrected chi connectivity index (χ4v) is 3.09. The molecule has 0 aromatic heterocycles. The molecule has 1 aliphatic heterocycles. The first-order valence-corrected chi connectivity index (χ1v) is 7.34. The van der Waals surface area contributed by atoms with Gasteiger partial charge in [-0.1, -0.05) is 48.0 Å². The van der Waals surface area contributed by atoms with Gasteiger partial charge >= 0.3 is 0 Å². The van der Waals surface area contributed by atoms with Crippen molar-refractivity contribution in [2.45, 2.75) is 24.8 Å². The van der Waals surface area contributed by atoms with Crippen molar-refractivity contribution in [1.29, 1.82) is 0 Å². The maximum absolute atomic E-state index is 6.45. The predicted octanol–water partition coefficient (Wildman–Crippen LogP) is 3.78. The topological polar surface area (TPSA) is 35.2 Å². The fourth-order valence-electron chi connectivity index (χ4n) is 2.87. The van der Waals surface area contributed by atoms with Crippen molar-refractivity contribution >= 4 is 11.6 Å². The molecule has 0 amide bonds. The molecule has 2 nitrogen and oxygen atoms in total. The van der Waals surface area contributed by atoms with Crippen LogP contribution >= 0.6 is 11.6 Å². The van der Waals surface area contributed by atoms with Crippen molar-refractivity contribution in [2.24, 2.45) is 5.73 Å².